The summed E-state index contributed by atoms with van der Waals surface area (Å²) in [6, 6.07) is 81.5. The zero-order chi connectivity index (χ0) is 37.3. The molecular weight excluding hydrogens is 695 g/mol. The summed E-state index contributed by atoms with van der Waals surface area (Å²) in [5, 5.41) is 2.57. The number of anilines is 3. The standard InChI is InChI=1S/C54H37NS/c1-5-15-38(16-6-1)41-25-28-47(29-26-41)55(48-30-32-54-51(37-48)49-23-13-14-24-53(49)56-54)52-31-27-43(36-50(52)42-21-11-4-12-22-42)46-34-44(39-17-7-2-8-18-39)33-45(35-46)40-19-9-3-10-20-40/h1-37H. The van der Waals surface area contributed by atoms with Crippen LogP contribution in [-0.4, -0.2) is 0 Å². The van der Waals surface area contributed by atoms with Crippen LogP contribution in [0.2, 0.25) is 0 Å². The molecule has 10 rings (SSSR count). The Morgan fingerprint density at radius 1 is 0.268 bits per heavy atom. The molecular formula is C54H37NS. The first-order valence-electron chi connectivity index (χ1n) is 19.1. The molecule has 10 aromatic rings. The van der Waals surface area contributed by atoms with Gasteiger partial charge in [-0.05, 0) is 117 Å². The molecule has 0 bridgehead atoms. The van der Waals surface area contributed by atoms with Gasteiger partial charge in [0.2, 0.25) is 0 Å². The summed E-state index contributed by atoms with van der Waals surface area (Å²) in [4.78, 5) is 2.43. The van der Waals surface area contributed by atoms with Gasteiger partial charge in [-0.2, -0.15) is 0 Å². The van der Waals surface area contributed by atoms with Gasteiger partial charge in [-0.15, -0.1) is 11.3 Å². The third kappa shape index (κ3) is 6.47. The molecule has 0 atom stereocenters. The van der Waals surface area contributed by atoms with Crippen LogP contribution in [0, 0.1) is 0 Å². The van der Waals surface area contributed by atoms with Crippen LogP contribution in [0.25, 0.3) is 75.8 Å². The maximum Gasteiger partial charge on any atom is 0.0540 e. The molecule has 9 aromatic carbocycles. The fraction of sp³-hybridized carbons (Fsp3) is 0. The summed E-state index contributed by atoms with van der Waals surface area (Å²) >= 11 is 1.85. The third-order valence-corrected chi connectivity index (χ3v) is 11.8. The van der Waals surface area contributed by atoms with Crippen molar-refractivity contribution < 1.29 is 0 Å². The molecule has 264 valence electrons. The Balaban J connectivity index is 1.18. The Morgan fingerprint density at radius 2 is 0.714 bits per heavy atom. The Labute approximate surface area is 332 Å². The van der Waals surface area contributed by atoms with E-state index in [1.165, 1.54) is 70.2 Å². The van der Waals surface area contributed by atoms with E-state index in [0.717, 1.165) is 22.6 Å². The molecule has 56 heavy (non-hydrogen) atoms. The quantitative estimate of drug-likeness (QED) is 0.150. The molecule has 0 unspecified atom stereocenters. The number of nitrogens with zero attached hydrogens (tertiary/aromatic N) is 1. The molecule has 0 amide bonds. The molecule has 0 aliphatic heterocycles. The van der Waals surface area contributed by atoms with Gasteiger partial charge in [-0.1, -0.05) is 158 Å². The van der Waals surface area contributed by atoms with Gasteiger partial charge in [0.05, 0.1) is 5.69 Å². The SMILES string of the molecule is c1ccc(-c2ccc(N(c3ccc4sc5ccccc5c4c3)c3ccc(-c4cc(-c5ccccc5)cc(-c5ccccc5)c4)cc3-c3ccccc3)cc2)cc1. The number of rotatable bonds is 8. The summed E-state index contributed by atoms with van der Waals surface area (Å²) < 4.78 is 2.60. The Kier molecular flexibility index (Phi) is 8.79. The summed E-state index contributed by atoms with van der Waals surface area (Å²) in [5.74, 6) is 0. The molecule has 0 saturated heterocycles. The van der Waals surface area contributed by atoms with Crippen molar-refractivity contribution in [1.29, 1.82) is 0 Å². The summed E-state index contributed by atoms with van der Waals surface area (Å²) in [5.41, 5.74) is 15.2. The van der Waals surface area contributed by atoms with Crippen LogP contribution in [0.4, 0.5) is 17.1 Å². The normalized spacial score (nSPS) is 11.2. The highest BCUT2D eigenvalue weighted by Crippen LogP contribution is 2.46. The van der Waals surface area contributed by atoms with Crippen molar-refractivity contribution in [3.05, 3.63) is 224 Å². The summed E-state index contributed by atoms with van der Waals surface area (Å²) in [6.45, 7) is 0. The van der Waals surface area contributed by atoms with Crippen molar-refractivity contribution in [2.24, 2.45) is 0 Å². The van der Waals surface area contributed by atoms with E-state index in [9.17, 15) is 0 Å². The van der Waals surface area contributed by atoms with Gasteiger partial charge in [0.15, 0.2) is 0 Å². The average Bonchev–Trinajstić information content (AvgIpc) is 3.66. The molecule has 1 heterocycles. The second kappa shape index (κ2) is 14.7. The highest BCUT2D eigenvalue weighted by molar-refractivity contribution is 7.25. The molecule has 0 spiro atoms. The van der Waals surface area contributed by atoms with Gasteiger partial charge >= 0.3 is 0 Å². The first-order chi connectivity index (χ1) is 27.7. The minimum atomic E-state index is 1.10. The molecule has 0 aliphatic carbocycles. The van der Waals surface area contributed by atoms with Crippen LogP contribution >= 0.6 is 11.3 Å². The second-order valence-corrected chi connectivity index (χ2v) is 15.2. The van der Waals surface area contributed by atoms with Crippen LogP contribution in [0.3, 0.4) is 0 Å². The second-order valence-electron chi connectivity index (χ2n) is 14.2. The summed E-state index contributed by atoms with van der Waals surface area (Å²) in [7, 11) is 0. The molecule has 2 heteroatoms. The molecule has 0 fully saturated rings. The number of fused-ring (bicyclic) bond motifs is 3. The lowest BCUT2D eigenvalue weighted by atomic mass is 9.91. The minimum absolute atomic E-state index is 1.10. The van der Waals surface area contributed by atoms with Crippen LogP contribution < -0.4 is 4.90 Å². The van der Waals surface area contributed by atoms with E-state index in [-0.39, 0.29) is 0 Å². The van der Waals surface area contributed by atoms with Gasteiger partial charge < -0.3 is 4.90 Å². The topological polar surface area (TPSA) is 3.24 Å². The van der Waals surface area contributed by atoms with E-state index in [0.29, 0.717) is 0 Å². The van der Waals surface area contributed by atoms with Crippen molar-refractivity contribution in [1.82, 2.24) is 0 Å². The van der Waals surface area contributed by atoms with E-state index in [4.69, 9.17) is 0 Å². The van der Waals surface area contributed by atoms with Crippen molar-refractivity contribution in [2.75, 3.05) is 4.90 Å². The largest absolute Gasteiger partial charge is 0.310 e. The molecule has 0 aliphatic rings. The van der Waals surface area contributed by atoms with Gasteiger partial charge in [0, 0.05) is 37.1 Å². The minimum Gasteiger partial charge on any atom is -0.310 e. The van der Waals surface area contributed by atoms with E-state index in [1.54, 1.807) is 0 Å². The van der Waals surface area contributed by atoms with Crippen LogP contribution in [0.1, 0.15) is 0 Å². The fourth-order valence-corrected chi connectivity index (χ4v) is 8.95. The van der Waals surface area contributed by atoms with Crippen LogP contribution in [0.5, 0.6) is 0 Å². The molecule has 0 radical (unpaired) electrons. The Hall–Kier alpha value is -7.00. The number of hydrogen-bond acceptors (Lipinski definition) is 2. The monoisotopic (exact) mass is 731 g/mol. The molecule has 0 N–H and O–H groups in total. The van der Waals surface area contributed by atoms with Gasteiger partial charge in [0.25, 0.3) is 0 Å². The number of hydrogen-bond donors (Lipinski definition) is 0. The number of benzene rings is 9. The van der Waals surface area contributed by atoms with Crippen LogP contribution in [-0.2, 0) is 0 Å². The van der Waals surface area contributed by atoms with Gasteiger partial charge in [-0.3, -0.25) is 0 Å². The molecule has 1 aromatic heterocycles. The third-order valence-electron chi connectivity index (χ3n) is 10.7. The maximum absolute atomic E-state index is 2.43. The van der Waals surface area contributed by atoms with E-state index < -0.39 is 0 Å². The van der Waals surface area contributed by atoms with Gasteiger partial charge in [0.1, 0.15) is 0 Å². The first-order valence-corrected chi connectivity index (χ1v) is 19.9. The lowest BCUT2D eigenvalue weighted by Crippen LogP contribution is -2.11. The van der Waals surface area contributed by atoms with E-state index in [2.05, 4.69) is 229 Å². The lowest BCUT2D eigenvalue weighted by Gasteiger charge is -2.29. The lowest BCUT2D eigenvalue weighted by molar-refractivity contribution is 1.29. The first kappa shape index (κ1) is 33.6. The van der Waals surface area contributed by atoms with Crippen molar-refractivity contribution in [3.8, 4) is 55.6 Å². The highest BCUT2D eigenvalue weighted by atomic mass is 32.1. The zero-order valence-electron chi connectivity index (χ0n) is 30.7. The predicted molar refractivity (Wildman–Crippen MR) is 241 cm³/mol. The molecule has 0 saturated carbocycles. The Bertz CT molecular complexity index is 2870. The van der Waals surface area contributed by atoms with E-state index >= 15 is 0 Å². The van der Waals surface area contributed by atoms with Crippen molar-refractivity contribution in [2.45, 2.75) is 0 Å². The van der Waals surface area contributed by atoms with Crippen molar-refractivity contribution >= 4 is 48.6 Å². The fourth-order valence-electron chi connectivity index (χ4n) is 7.86. The zero-order valence-corrected chi connectivity index (χ0v) is 31.5. The van der Waals surface area contributed by atoms with Crippen molar-refractivity contribution in [3.63, 3.8) is 0 Å². The average molecular weight is 732 g/mol. The van der Waals surface area contributed by atoms with Gasteiger partial charge in [-0.25, -0.2) is 0 Å². The maximum atomic E-state index is 2.43. The van der Waals surface area contributed by atoms with Crippen LogP contribution in [0.15, 0.2) is 224 Å². The Morgan fingerprint density at radius 3 is 1.32 bits per heavy atom. The smallest absolute Gasteiger partial charge is 0.0540 e. The molecule has 1 nitrogen and oxygen atoms in total. The number of thiophene rings is 1. The highest BCUT2D eigenvalue weighted by Gasteiger charge is 2.20. The van der Waals surface area contributed by atoms with E-state index in [1.807, 2.05) is 11.3 Å². The summed E-state index contributed by atoms with van der Waals surface area (Å²) in [6.07, 6.45) is 0. The predicted octanol–water partition coefficient (Wildman–Crippen LogP) is 15.9.